The van der Waals surface area contributed by atoms with Crippen LogP contribution in [0.2, 0.25) is 5.02 Å². The van der Waals surface area contributed by atoms with Gasteiger partial charge in [-0.1, -0.05) is 60.1 Å². The minimum absolute atomic E-state index is 0.0248. The van der Waals surface area contributed by atoms with Crippen molar-refractivity contribution in [3.63, 3.8) is 0 Å². The Balaban J connectivity index is 0.980. The first kappa shape index (κ1) is 45.9. The molecule has 1 atom stereocenters. The molecule has 0 radical (unpaired) electrons. The molecule has 62 heavy (non-hydrogen) atoms. The largest absolute Gasteiger partial charge is 0.481 e. The van der Waals surface area contributed by atoms with Crippen LogP contribution in [0.15, 0.2) is 114 Å². The summed E-state index contributed by atoms with van der Waals surface area (Å²) in [7, 11) is 1.75. The highest BCUT2D eigenvalue weighted by molar-refractivity contribution is 7.98. The summed E-state index contributed by atoms with van der Waals surface area (Å²) in [5.41, 5.74) is 6.82. The Kier molecular flexibility index (Phi) is 17.5. The smallest absolute Gasteiger partial charge is 0.305 e. The Hall–Kier alpha value is -5.57. The van der Waals surface area contributed by atoms with Gasteiger partial charge in [0.2, 0.25) is 5.91 Å². The molecule has 0 aliphatic heterocycles. The van der Waals surface area contributed by atoms with Crippen molar-refractivity contribution in [2.75, 3.05) is 58.6 Å². The number of carbonyl (C=O) groups is 4. The molecule has 0 bridgehead atoms. The number of halogens is 1. The topological polar surface area (TPSA) is 156 Å². The third kappa shape index (κ3) is 14.0. The Labute approximate surface area is 371 Å². The number of ether oxygens (including phenoxy) is 3. The molecule has 12 nitrogen and oxygen atoms in total. The van der Waals surface area contributed by atoms with Gasteiger partial charge < -0.3 is 34.9 Å². The number of anilines is 1. The second kappa shape index (κ2) is 23.6. The first-order valence-electron chi connectivity index (χ1n) is 20.6. The third-order valence-corrected chi connectivity index (χ3v) is 11.6. The highest BCUT2D eigenvalue weighted by Gasteiger charge is 2.23. The maximum Gasteiger partial charge on any atom is 0.305 e. The van der Waals surface area contributed by atoms with Gasteiger partial charge >= 0.3 is 5.97 Å². The minimum atomic E-state index is -0.898. The maximum absolute atomic E-state index is 13.7. The molecule has 0 saturated carbocycles. The normalized spacial score (nSPS) is 13.2. The van der Waals surface area contributed by atoms with Crippen molar-refractivity contribution in [1.82, 2.24) is 15.2 Å². The van der Waals surface area contributed by atoms with E-state index in [1.807, 2.05) is 54.6 Å². The number of pyridine rings is 1. The SMILES string of the molecule is CN(CCOCCOCCOCCC(=O)O)C(=O)Cc1cccc(SCc2cccc(C(=O)Nc3ccc(Cl)cc3-c3cc(C(=O)NC4CCCc5ccccc54)ccn3)c2)c1. The van der Waals surface area contributed by atoms with Crippen LogP contribution in [0.3, 0.4) is 0 Å². The van der Waals surface area contributed by atoms with Crippen LogP contribution < -0.4 is 10.6 Å². The Morgan fingerprint density at radius 1 is 0.806 bits per heavy atom. The summed E-state index contributed by atoms with van der Waals surface area (Å²) >= 11 is 8.06. The molecule has 1 aliphatic rings. The van der Waals surface area contributed by atoms with E-state index in [0.29, 0.717) is 78.4 Å². The fourth-order valence-electron chi connectivity index (χ4n) is 6.95. The minimum Gasteiger partial charge on any atom is -0.481 e. The van der Waals surface area contributed by atoms with Crippen molar-refractivity contribution < 1.29 is 38.5 Å². The molecule has 3 amide bonds. The van der Waals surface area contributed by atoms with E-state index in [4.69, 9.17) is 30.9 Å². The number of thioether (sulfide) groups is 1. The van der Waals surface area contributed by atoms with Gasteiger partial charge in [-0.2, -0.15) is 0 Å². The molecule has 1 unspecified atom stereocenters. The molecule has 3 N–H and O–H groups in total. The van der Waals surface area contributed by atoms with Gasteiger partial charge in [-0.05, 0) is 96.1 Å². The van der Waals surface area contributed by atoms with Gasteiger partial charge in [-0.3, -0.25) is 24.2 Å². The number of amides is 3. The van der Waals surface area contributed by atoms with Gasteiger partial charge in [0.1, 0.15) is 0 Å². The van der Waals surface area contributed by atoms with E-state index in [0.717, 1.165) is 40.8 Å². The van der Waals surface area contributed by atoms with Gasteiger partial charge in [0.15, 0.2) is 0 Å². The second-order valence-electron chi connectivity index (χ2n) is 14.8. The molecule has 1 aromatic heterocycles. The lowest BCUT2D eigenvalue weighted by Crippen LogP contribution is -2.31. The van der Waals surface area contributed by atoms with Gasteiger partial charge in [-0.25, -0.2) is 0 Å². The van der Waals surface area contributed by atoms with Crippen molar-refractivity contribution in [2.24, 2.45) is 0 Å². The Bertz CT molecular complexity index is 2330. The van der Waals surface area contributed by atoms with E-state index < -0.39 is 5.97 Å². The van der Waals surface area contributed by atoms with Crippen LogP contribution >= 0.6 is 23.4 Å². The van der Waals surface area contributed by atoms with E-state index in [1.165, 1.54) is 5.56 Å². The van der Waals surface area contributed by atoms with Crippen LogP contribution in [0.4, 0.5) is 5.69 Å². The molecule has 1 heterocycles. The zero-order chi connectivity index (χ0) is 43.7. The van der Waals surface area contributed by atoms with Gasteiger partial charge in [0.25, 0.3) is 11.8 Å². The molecule has 0 saturated heterocycles. The van der Waals surface area contributed by atoms with E-state index in [9.17, 15) is 19.2 Å². The summed E-state index contributed by atoms with van der Waals surface area (Å²) in [6, 6.07) is 32.1. The molecule has 1 aliphatic carbocycles. The number of fused-ring (bicyclic) bond motifs is 1. The Morgan fingerprint density at radius 3 is 2.37 bits per heavy atom. The van der Waals surface area contributed by atoms with Crippen molar-refractivity contribution >= 4 is 52.7 Å². The first-order chi connectivity index (χ1) is 30.1. The number of carboxylic acids is 1. The number of nitrogens with one attached hydrogen (secondary N) is 2. The molecule has 14 heteroatoms. The predicted molar refractivity (Wildman–Crippen MR) is 241 cm³/mol. The summed E-state index contributed by atoms with van der Waals surface area (Å²) in [5, 5.41) is 15.3. The maximum atomic E-state index is 13.7. The van der Waals surface area contributed by atoms with Crippen LogP contribution in [0, 0.1) is 0 Å². The monoisotopic (exact) mass is 878 g/mol. The lowest BCUT2D eigenvalue weighted by atomic mass is 9.87. The molecule has 324 valence electrons. The highest BCUT2D eigenvalue weighted by atomic mass is 35.5. The van der Waals surface area contributed by atoms with E-state index in [-0.39, 0.29) is 43.2 Å². The summed E-state index contributed by atoms with van der Waals surface area (Å²) in [6.45, 7) is 2.39. The predicted octanol–water partition coefficient (Wildman–Crippen LogP) is 8.28. The summed E-state index contributed by atoms with van der Waals surface area (Å²) in [6.07, 6.45) is 4.69. The third-order valence-electron chi connectivity index (χ3n) is 10.3. The average molecular weight is 879 g/mol. The number of aryl methyl sites for hydroxylation is 1. The average Bonchev–Trinajstić information content (AvgIpc) is 3.28. The number of hydrogen-bond donors (Lipinski definition) is 3. The number of likely N-dealkylation sites (N-methyl/N-ethyl adjacent to an activating group) is 1. The van der Waals surface area contributed by atoms with Crippen LogP contribution in [0.1, 0.15) is 68.3 Å². The first-order valence-corrected chi connectivity index (χ1v) is 21.9. The lowest BCUT2D eigenvalue weighted by molar-refractivity contribution is -0.138. The van der Waals surface area contributed by atoms with Crippen LogP contribution in [-0.2, 0) is 42.4 Å². The molecule has 0 fully saturated rings. The summed E-state index contributed by atoms with van der Waals surface area (Å²) in [4.78, 5) is 57.8. The lowest BCUT2D eigenvalue weighted by Gasteiger charge is -2.26. The number of aliphatic carboxylic acids is 1. The van der Waals surface area contributed by atoms with Crippen LogP contribution in [0.5, 0.6) is 0 Å². The van der Waals surface area contributed by atoms with E-state index in [1.54, 1.807) is 66.3 Å². The van der Waals surface area contributed by atoms with Crippen molar-refractivity contribution in [3.8, 4) is 11.3 Å². The van der Waals surface area contributed by atoms with Crippen LogP contribution in [0.25, 0.3) is 11.3 Å². The number of hydrogen-bond acceptors (Lipinski definition) is 9. The molecular weight excluding hydrogens is 828 g/mol. The van der Waals surface area contributed by atoms with Gasteiger partial charge in [-0.15, -0.1) is 11.8 Å². The highest BCUT2D eigenvalue weighted by Crippen LogP contribution is 2.33. The van der Waals surface area contributed by atoms with Gasteiger partial charge in [0, 0.05) is 52.2 Å². The molecular formula is C48H51ClN4O8S. The van der Waals surface area contributed by atoms with E-state index >= 15 is 0 Å². The molecule has 6 rings (SSSR count). The standard InChI is InChI=1S/C48H51ClN4O8S/c1-53(20-22-60-24-26-61-25-23-59-21-18-46(55)56)45(54)29-33-7-5-12-39(28-33)62-32-34-8-4-11-36(27-34)47(57)52-43-16-15-38(49)31-41(43)44-30-37(17-19-50-44)48(58)51-42-14-6-10-35-9-2-3-13-40(35)42/h2-5,7-9,11-13,15-17,19,27-28,30-31,42H,6,10,14,18,20-26,29,32H2,1H3,(H,51,58)(H,52,57)(H,55,56). The zero-order valence-electron chi connectivity index (χ0n) is 34.6. The summed E-state index contributed by atoms with van der Waals surface area (Å²) in [5.74, 6) is -0.812. The fraction of sp³-hybridized carbons (Fsp3) is 0.312. The number of carbonyl (C=O) groups excluding carboxylic acids is 3. The number of rotatable bonds is 22. The van der Waals surface area contributed by atoms with E-state index in [2.05, 4.69) is 27.8 Å². The summed E-state index contributed by atoms with van der Waals surface area (Å²) < 4.78 is 16.2. The molecule has 0 spiro atoms. The number of carboxylic acid groups (broad SMARTS) is 1. The number of benzene rings is 4. The quantitative estimate of drug-likeness (QED) is 0.0457. The Morgan fingerprint density at radius 2 is 1.55 bits per heavy atom. The molecule has 5 aromatic rings. The van der Waals surface area contributed by atoms with Crippen molar-refractivity contribution in [1.29, 1.82) is 0 Å². The van der Waals surface area contributed by atoms with Crippen molar-refractivity contribution in [3.05, 3.63) is 148 Å². The van der Waals surface area contributed by atoms with Crippen LogP contribution in [-0.4, -0.2) is 91.9 Å². The number of aromatic nitrogens is 1. The van der Waals surface area contributed by atoms with Gasteiger partial charge in [0.05, 0.1) is 69.9 Å². The number of nitrogens with zero attached hydrogens (tertiary/aromatic N) is 2. The fourth-order valence-corrected chi connectivity index (χ4v) is 8.04. The van der Waals surface area contributed by atoms with Crippen molar-refractivity contribution in [2.45, 2.75) is 48.8 Å². The second-order valence-corrected chi connectivity index (χ2v) is 16.3. The molecule has 4 aromatic carbocycles. The zero-order valence-corrected chi connectivity index (χ0v) is 36.2.